The van der Waals surface area contributed by atoms with Crippen LogP contribution in [0.3, 0.4) is 0 Å². The van der Waals surface area contributed by atoms with Crippen LogP contribution in [0.2, 0.25) is 0 Å². The molecule has 6 heteroatoms. The molecule has 1 atom stereocenters. The average molecular weight is 360 g/mol. The molecule has 1 aliphatic heterocycles. The summed E-state index contributed by atoms with van der Waals surface area (Å²) in [4.78, 5) is 13.7. The van der Waals surface area contributed by atoms with Crippen molar-refractivity contribution in [3.8, 4) is 5.75 Å². The van der Waals surface area contributed by atoms with Crippen molar-refractivity contribution >= 4 is 5.91 Å². The zero-order valence-electron chi connectivity index (χ0n) is 14.5. The van der Waals surface area contributed by atoms with Crippen molar-refractivity contribution in [2.24, 2.45) is 5.73 Å². The summed E-state index contributed by atoms with van der Waals surface area (Å²) in [7, 11) is 0. The van der Waals surface area contributed by atoms with Crippen LogP contribution >= 0.6 is 0 Å². The Balaban J connectivity index is 1.65. The number of amides is 1. The summed E-state index contributed by atoms with van der Waals surface area (Å²) in [6.07, 6.45) is 2.84. The molecule has 1 heterocycles. The number of hydrogen-bond donors (Lipinski definition) is 1. The standard InChI is InChI=1S/C20H22F2N2O2/c21-16-8-7-15(18(22)11-16)13-26-17-5-3-4-14(10-17)12-24-9-2-1-6-19(24)20(23)25/h3-5,7-8,10-11,19H,1-2,6,9,12-13H2,(H2,23,25). The van der Waals surface area contributed by atoms with Crippen LogP contribution in [0.4, 0.5) is 8.78 Å². The highest BCUT2D eigenvalue weighted by atomic mass is 19.1. The van der Waals surface area contributed by atoms with Crippen LogP contribution in [0.25, 0.3) is 0 Å². The second-order valence-electron chi connectivity index (χ2n) is 6.56. The molecule has 3 rings (SSSR count). The summed E-state index contributed by atoms with van der Waals surface area (Å²) in [6.45, 7) is 1.46. The molecule has 2 aromatic rings. The number of hydrogen-bond acceptors (Lipinski definition) is 3. The second kappa shape index (κ2) is 8.27. The molecule has 1 aliphatic rings. The molecule has 1 saturated heterocycles. The first-order chi connectivity index (χ1) is 12.5. The third-order valence-corrected chi connectivity index (χ3v) is 4.64. The van der Waals surface area contributed by atoms with Crippen molar-refractivity contribution in [2.75, 3.05) is 6.54 Å². The molecule has 1 amide bonds. The summed E-state index contributed by atoms with van der Waals surface area (Å²) in [5, 5.41) is 0. The number of likely N-dealkylation sites (tertiary alicyclic amines) is 1. The zero-order valence-corrected chi connectivity index (χ0v) is 14.5. The molecule has 26 heavy (non-hydrogen) atoms. The van der Waals surface area contributed by atoms with Gasteiger partial charge in [0.1, 0.15) is 24.0 Å². The third kappa shape index (κ3) is 4.58. The number of nitrogens with two attached hydrogens (primary N) is 1. The summed E-state index contributed by atoms with van der Waals surface area (Å²) < 4.78 is 32.3. The van der Waals surface area contributed by atoms with Gasteiger partial charge < -0.3 is 10.5 Å². The van der Waals surface area contributed by atoms with Gasteiger partial charge >= 0.3 is 0 Å². The van der Waals surface area contributed by atoms with E-state index in [1.807, 2.05) is 18.2 Å². The molecule has 1 fully saturated rings. The van der Waals surface area contributed by atoms with Gasteiger partial charge in [-0.25, -0.2) is 8.78 Å². The minimum atomic E-state index is -0.626. The monoisotopic (exact) mass is 360 g/mol. The lowest BCUT2D eigenvalue weighted by Gasteiger charge is -2.33. The lowest BCUT2D eigenvalue weighted by Crippen LogP contribution is -2.47. The quantitative estimate of drug-likeness (QED) is 0.859. The van der Waals surface area contributed by atoms with Crippen molar-refractivity contribution in [1.82, 2.24) is 4.90 Å². The van der Waals surface area contributed by atoms with Crippen LogP contribution in [-0.2, 0) is 17.9 Å². The number of ether oxygens (including phenoxy) is 1. The van der Waals surface area contributed by atoms with E-state index in [4.69, 9.17) is 10.5 Å². The van der Waals surface area contributed by atoms with Crippen LogP contribution in [0, 0.1) is 11.6 Å². The topological polar surface area (TPSA) is 55.6 Å². The van der Waals surface area contributed by atoms with Crippen LogP contribution in [0.15, 0.2) is 42.5 Å². The van der Waals surface area contributed by atoms with E-state index >= 15 is 0 Å². The fourth-order valence-corrected chi connectivity index (χ4v) is 3.27. The number of primary amides is 1. The van der Waals surface area contributed by atoms with Gasteiger partial charge in [-0.15, -0.1) is 0 Å². The van der Waals surface area contributed by atoms with E-state index < -0.39 is 11.6 Å². The van der Waals surface area contributed by atoms with Crippen LogP contribution in [-0.4, -0.2) is 23.4 Å². The Morgan fingerprint density at radius 2 is 2.04 bits per heavy atom. The molecule has 4 nitrogen and oxygen atoms in total. The van der Waals surface area contributed by atoms with Crippen molar-refractivity contribution < 1.29 is 18.3 Å². The van der Waals surface area contributed by atoms with E-state index in [-0.39, 0.29) is 18.6 Å². The third-order valence-electron chi connectivity index (χ3n) is 4.64. The van der Waals surface area contributed by atoms with E-state index in [0.29, 0.717) is 17.9 Å². The van der Waals surface area contributed by atoms with E-state index in [9.17, 15) is 13.6 Å². The van der Waals surface area contributed by atoms with Gasteiger partial charge in [0.25, 0.3) is 0 Å². The number of benzene rings is 2. The van der Waals surface area contributed by atoms with Gasteiger partial charge in [0, 0.05) is 18.2 Å². The molecule has 0 spiro atoms. The Kier molecular flexibility index (Phi) is 5.83. The Labute approximate surface area is 151 Å². The molecule has 2 N–H and O–H groups in total. The number of carbonyl (C=O) groups excluding carboxylic acids is 1. The van der Waals surface area contributed by atoms with E-state index in [1.54, 1.807) is 6.07 Å². The largest absolute Gasteiger partial charge is 0.489 e. The molecule has 2 aromatic carbocycles. The average Bonchev–Trinajstić information content (AvgIpc) is 2.61. The lowest BCUT2D eigenvalue weighted by atomic mass is 10.0. The molecule has 138 valence electrons. The smallest absolute Gasteiger partial charge is 0.234 e. The molecule has 1 unspecified atom stereocenters. The summed E-state index contributed by atoms with van der Waals surface area (Å²) >= 11 is 0. The first kappa shape index (κ1) is 18.3. The lowest BCUT2D eigenvalue weighted by molar-refractivity contribution is -0.124. The number of rotatable bonds is 6. The van der Waals surface area contributed by atoms with E-state index in [0.717, 1.165) is 37.4 Å². The van der Waals surface area contributed by atoms with Gasteiger partial charge in [-0.3, -0.25) is 9.69 Å². The maximum absolute atomic E-state index is 13.7. The number of halogens is 2. The minimum Gasteiger partial charge on any atom is -0.489 e. The molecular formula is C20H22F2N2O2. The van der Waals surface area contributed by atoms with Crippen molar-refractivity contribution in [1.29, 1.82) is 0 Å². The van der Waals surface area contributed by atoms with Crippen LogP contribution in [0.5, 0.6) is 5.75 Å². The molecule has 0 aliphatic carbocycles. The predicted octanol–water partition coefficient (Wildman–Crippen LogP) is 3.38. The Hall–Kier alpha value is -2.47. The highest BCUT2D eigenvalue weighted by Crippen LogP contribution is 2.22. The van der Waals surface area contributed by atoms with Gasteiger partial charge in [-0.05, 0) is 49.2 Å². The highest BCUT2D eigenvalue weighted by molar-refractivity contribution is 5.79. The zero-order chi connectivity index (χ0) is 18.5. The maximum atomic E-state index is 13.7. The highest BCUT2D eigenvalue weighted by Gasteiger charge is 2.26. The Morgan fingerprint density at radius 1 is 1.19 bits per heavy atom. The molecule has 0 bridgehead atoms. The summed E-state index contributed by atoms with van der Waals surface area (Å²) in [5.74, 6) is -0.930. The summed E-state index contributed by atoms with van der Waals surface area (Å²) in [5.41, 5.74) is 6.80. The van der Waals surface area contributed by atoms with E-state index in [1.165, 1.54) is 12.1 Å². The molecule has 0 saturated carbocycles. The normalized spacial score (nSPS) is 17.8. The molecular weight excluding hydrogens is 338 g/mol. The van der Waals surface area contributed by atoms with Crippen molar-refractivity contribution in [2.45, 2.75) is 38.5 Å². The van der Waals surface area contributed by atoms with Gasteiger partial charge in [0.05, 0.1) is 6.04 Å². The first-order valence-corrected chi connectivity index (χ1v) is 8.72. The van der Waals surface area contributed by atoms with Gasteiger partial charge in [0.2, 0.25) is 5.91 Å². The fourth-order valence-electron chi connectivity index (χ4n) is 3.27. The molecule has 0 aromatic heterocycles. The van der Waals surface area contributed by atoms with Crippen molar-refractivity contribution in [3.63, 3.8) is 0 Å². The number of piperidine rings is 1. The van der Waals surface area contributed by atoms with E-state index in [2.05, 4.69) is 4.90 Å². The predicted molar refractivity (Wildman–Crippen MR) is 94.4 cm³/mol. The molecule has 0 radical (unpaired) electrons. The second-order valence-corrected chi connectivity index (χ2v) is 6.56. The van der Waals surface area contributed by atoms with Crippen molar-refractivity contribution in [3.05, 3.63) is 65.2 Å². The Morgan fingerprint density at radius 3 is 2.81 bits per heavy atom. The number of nitrogens with zero attached hydrogens (tertiary/aromatic N) is 1. The fraction of sp³-hybridized carbons (Fsp3) is 0.350. The Bertz CT molecular complexity index is 782. The van der Waals surface area contributed by atoms with Crippen LogP contribution in [0.1, 0.15) is 30.4 Å². The van der Waals surface area contributed by atoms with Crippen LogP contribution < -0.4 is 10.5 Å². The first-order valence-electron chi connectivity index (χ1n) is 8.72. The van der Waals surface area contributed by atoms with Gasteiger partial charge in [-0.1, -0.05) is 18.6 Å². The summed E-state index contributed by atoms with van der Waals surface area (Å²) in [6, 6.07) is 10.7. The minimum absolute atomic E-state index is 0.0171. The SMILES string of the molecule is NC(=O)C1CCCCN1Cc1cccc(OCc2ccc(F)cc2F)c1. The van der Waals surface area contributed by atoms with Gasteiger partial charge in [-0.2, -0.15) is 0 Å². The maximum Gasteiger partial charge on any atom is 0.234 e. The number of carbonyl (C=O) groups is 1. The van der Waals surface area contributed by atoms with Gasteiger partial charge in [0.15, 0.2) is 0 Å².